The molecular weight excluding hydrogens is 348 g/mol. The third-order valence-corrected chi connectivity index (χ3v) is 5.31. The van der Waals surface area contributed by atoms with E-state index in [2.05, 4.69) is 10.4 Å². The Balaban J connectivity index is 1.67. The summed E-state index contributed by atoms with van der Waals surface area (Å²) in [4.78, 5) is 21.2. The number of rotatable bonds is 5. The van der Waals surface area contributed by atoms with Crippen molar-refractivity contribution in [3.8, 4) is 0 Å². The molecule has 2 aliphatic rings. The fraction of sp³-hybridized carbons (Fsp3) is 0.722. The summed E-state index contributed by atoms with van der Waals surface area (Å²) in [5, 5.41) is 17.3. The number of amides is 1. The Morgan fingerprint density at radius 2 is 2.19 bits per heavy atom. The van der Waals surface area contributed by atoms with Crippen molar-refractivity contribution in [2.24, 2.45) is 17.5 Å². The van der Waals surface area contributed by atoms with Crippen LogP contribution in [0.5, 0.6) is 0 Å². The van der Waals surface area contributed by atoms with Crippen LogP contribution in [0.4, 0.5) is 5.69 Å². The largest absolute Gasteiger partial charge is 0.396 e. The van der Waals surface area contributed by atoms with Crippen molar-refractivity contribution in [1.29, 1.82) is 0 Å². The third kappa shape index (κ3) is 4.59. The lowest BCUT2D eigenvalue weighted by atomic mass is 9.81. The molecule has 0 aromatic carbocycles. The molecule has 0 bridgehead atoms. The van der Waals surface area contributed by atoms with Crippen molar-refractivity contribution < 1.29 is 14.6 Å². The summed E-state index contributed by atoms with van der Waals surface area (Å²) in [7, 11) is 1.84. The van der Waals surface area contributed by atoms with Crippen LogP contribution in [0.3, 0.4) is 0 Å². The molecule has 150 valence electrons. The number of hydrogen-bond donors (Lipinski definition) is 2. The van der Waals surface area contributed by atoms with E-state index in [0.29, 0.717) is 32.8 Å². The normalized spacial score (nSPS) is 20.9. The van der Waals surface area contributed by atoms with E-state index in [1.165, 1.54) is 0 Å². The molecule has 2 fully saturated rings. The Hall–Kier alpha value is -2.13. The molecule has 3 rings (SSSR count). The number of aromatic nitrogens is 2. The molecule has 0 aliphatic carbocycles. The third-order valence-electron chi connectivity index (χ3n) is 5.31. The topological polar surface area (TPSA) is 95.2 Å². The average Bonchev–Trinajstić information content (AvgIpc) is 3.12. The van der Waals surface area contributed by atoms with Gasteiger partial charge in [-0.3, -0.25) is 14.5 Å². The zero-order valence-electron chi connectivity index (χ0n) is 16.2. The van der Waals surface area contributed by atoms with E-state index in [0.717, 1.165) is 31.0 Å². The minimum absolute atomic E-state index is 0.0304. The van der Waals surface area contributed by atoms with E-state index in [1.54, 1.807) is 15.8 Å². The molecule has 9 heteroatoms. The van der Waals surface area contributed by atoms with E-state index in [4.69, 9.17) is 9.73 Å². The number of aliphatic hydroxyl groups excluding tert-OH is 1. The molecule has 0 atom stereocenters. The number of anilines is 1. The molecule has 1 aromatic rings. The van der Waals surface area contributed by atoms with Gasteiger partial charge in [0.2, 0.25) is 5.91 Å². The Morgan fingerprint density at radius 3 is 2.78 bits per heavy atom. The number of hydrogen-bond acceptors (Lipinski definition) is 5. The first-order valence-electron chi connectivity index (χ1n) is 9.58. The van der Waals surface area contributed by atoms with Crippen LogP contribution in [-0.4, -0.2) is 84.2 Å². The van der Waals surface area contributed by atoms with Crippen LogP contribution in [0.15, 0.2) is 17.4 Å². The first-order chi connectivity index (χ1) is 13.1. The Labute approximate surface area is 160 Å². The number of nitrogens with one attached hydrogen (secondary N) is 1. The monoisotopic (exact) mass is 378 g/mol. The molecule has 3 heterocycles. The van der Waals surface area contributed by atoms with Gasteiger partial charge in [0.05, 0.1) is 25.0 Å². The highest BCUT2D eigenvalue weighted by Gasteiger charge is 2.33. The second-order valence-electron chi connectivity index (χ2n) is 7.28. The summed E-state index contributed by atoms with van der Waals surface area (Å²) in [6.45, 7) is 6.26. The van der Waals surface area contributed by atoms with Gasteiger partial charge in [0.15, 0.2) is 5.96 Å². The molecule has 0 spiro atoms. The van der Waals surface area contributed by atoms with E-state index >= 15 is 0 Å². The standard InChI is InChI=1S/C18H30N6O3/c1-3-19-17(20-13-18(14-25)4-8-27-9-5-18)23-6-7-24(16(26)12-23)15-10-21-22(2)11-15/h10-11,25H,3-9,12-14H2,1-2H3,(H,19,20). The van der Waals surface area contributed by atoms with Crippen LogP contribution in [0.1, 0.15) is 19.8 Å². The van der Waals surface area contributed by atoms with Gasteiger partial charge in [0, 0.05) is 51.5 Å². The Morgan fingerprint density at radius 1 is 1.41 bits per heavy atom. The van der Waals surface area contributed by atoms with Crippen molar-refractivity contribution in [3.05, 3.63) is 12.4 Å². The van der Waals surface area contributed by atoms with E-state index in [-0.39, 0.29) is 24.5 Å². The number of guanidine groups is 1. The lowest BCUT2D eigenvalue weighted by molar-refractivity contribution is -0.120. The van der Waals surface area contributed by atoms with Crippen LogP contribution < -0.4 is 10.2 Å². The average molecular weight is 378 g/mol. The van der Waals surface area contributed by atoms with Gasteiger partial charge in [-0.05, 0) is 19.8 Å². The molecule has 1 aromatic heterocycles. The number of ether oxygens (including phenoxy) is 1. The number of carbonyl (C=O) groups is 1. The van der Waals surface area contributed by atoms with Gasteiger partial charge in [-0.2, -0.15) is 5.10 Å². The molecule has 0 saturated carbocycles. The van der Waals surface area contributed by atoms with Gasteiger partial charge in [-0.1, -0.05) is 0 Å². The summed E-state index contributed by atoms with van der Waals surface area (Å²) < 4.78 is 7.12. The fourth-order valence-corrected chi connectivity index (χ4v) is 3.51. The van der Waals surface area contributed by atoms with E-state index < -0.39 is 0 Å². The molecule has 27 heavy (non-hydrogen) atoms. The number of aliphatic hydroxyl groups is 1. The maximum Gasteiger partial charge on any atom is 0.246 e. The maximum atomic E-state index is 12.7. The highest BCUT2D eigenvalue weighted by atomic mass is 16.5. The van der Waals surface area contributed by atoms with Crippen molar-refractivity contribution in [2.75, 3.05) is 57.4 Å². The highest BCUT2D eigenvalue weighted by molar-refractivity contribution is 5.98. The molecule has 2 saturated heterocycles. The molecule has 0 radical (unpaired) electrons. The molecular formula is C18H30N6O3. The van der Waals surface area contributed by atoms with Crippen LogP contribution in [-0.2, 0) is 16.6 Å². The minimum atomic E-state index is -0.222. The smallest absolute Gasteiger partial charge is 0.246 e. The zero-order chi connectivity index (χ0) is 19.3. The van der Waals surface area contributed by atoms with E-state index in [9.17, 15) is 9.90 Å². The van der Waals surface area contributed by atoms with Crippen LogP contribution >= 0.6 is 0 Å². The first-order valence-corrected chi connectivity index (χ1v) is 9.58. The molecule has 1 amide bonds. The zero-order valence-corrected chi connectivity index (χ0v) is 16.2. The van der Waals surface area contributed by atoms with Crippen molar-refractivity contribution in [1.82, 2.24) is 20.0 Å². The number of piperazine rings is 1. The van der Waals surface area contributed by atoms with Crippen LogP contribution in [0.25, 0.3) is 0 Å². The predicted octanol–water partition coefficient (Wildman–Crippen LogP) is -0.177. The maximum absolute atomic E-state index is 12.7. The SMILES string of the molecule is CCNC(=NCC1(CO)CCOCC1)N1CCN(c2cnn(C)c2)C(=O)C1. The fourth-order valence-electron chi connectivity index (χ4n) is 3.51. The predicted molar refractivity (Wildman–Crippen MR) is 103 cm³/mol. The van der Waals surface area contributed by atoms with Crippen LogP contribution in [0, 0.1) is 5.41 Å². The van der Waals surface area contributed by atoms with Gasteiger partial charge >= 0.3 is 0 Å². The summed E-state index contributed by atoms with van der Waals surface area (Å²) in [5.74, 6) is 0.763. The molecule has 2 aliphatic heterocycles. The number of aliphatic imine (C=N–C) groups is 1. The molecule has 0 unspecified atom stereocenters. The number of aryl methyl sites for hydroxylation is 1. The lowest BCUT2D eigenvalue weighted by Gasteiger charge is -2.37. The number of nitrogens with zero attached hydrogens (tertiary/aromatic N) is 5. The second-order valence-corrected chi connectivity index (χ2v) is 7.28. The van der Waals surface area contributed by atoms with Gasteiger partial charge in [0.1, 0.15) is 6.54 Å². The molecule has 9 nitrogen and oxygen atoms in total. The summed E-state index contributed by atoms with van der Waals surface area (Å²) in [6.07, 6.45) is 5.17. The first kappa shape index (κ1) is 19.6. The Kier molecular flexibility index (Phi) is 6.33. The van der Waals surface area contributed by atoms with Crippen molar-refractivity contribution in [2.45, 2.75) is 19.8 Å². The van der Waals surface area contributed by atoms with E-state index in [1.807, 2.05) is 25.1 Å². The van der Waals surface area contributed by atoms with Crippen molar-refractivity contribution >= 4 is 17.6 Å². The number of carbonyl (C=O) groups excluding carboxylic acids is 1. The van der Waals surface area contributed by atoms with Gasteiger partial charge < -0.3 is 25.0 Å². The van der Waals surface area contributed by atoms with Gasteiger partial charge in [-0.15, -0.1) is 0 Å². The van der Waals surface area contributed by atoms with Gasteiger partial charge in [-0.25, -0.2) is 0 Å². The Bertz CT molecular complexity index is 668. The second kappa shape index (κ2) is 8.71. The highest BCUT2D eigenvalue weighted by Crippen LogP contribution is 2.30. The summed E-state index contributed by atoms with van der Waals surface area (Å²) >= 11 is 0. The lowest BCUT2D eigenvalue weighted by Crippen LogP contribution is -2.55. The minimum Gasteiger partial charge on any atom is -0.396 e. The summed E-state index contributed by atoms with van der Waals surface area (Å²) in [6, 6.07) is 0. The molecule has 2 N–H and O–H groups in total. The summed E-state index contributed by atoms with van der Waals surface area (Å²) in [5.41, 5.74) is 0.603. The van der Waals surface area contributed by atoms with Gasteiger partial charge in [0.25, 0.3) is 0 Å². The quantitative estimate of drug-likeness (QED) is 0.545. The van der Waals surface area contributed by atoms with Crippen molar-refractivity contribution in [3.63, 3.8) is 0 Å². The van der Waals surface area contributed by atoms with Crippen LogP contribution in [0.2, 0.25) is 0 Å².